The number of hydrogen-bond donors (Lipinski definition) is 2. The van der Waals surface area contributed by atoms with Crippen LogP contribution in [0.1, 0.15) is 48.5 Å². The molecule has 0 bridgehead atoms. The van der Waals surface area contributed by atoms with Gasteiger partial charge in [-0.25, -0.2) is 0 Å². The molecule has 1 aliphatic rings. The molecule has 1 amide bonds. The van der Waals surface area contributed by atoms with Gasteiger partial charge in [0.1, 0.15) is 5.75 Å². The maximum Gasteiger partial charge on any atom is 0.255 e. The van der Waals surface area contributed by atoms with Crippen LogP contribution in [0.25, 0.3) is 0 Å². The summed E-state index contributed by atoms with van der Waals surface area (Å²) in [5, 5.41) is 12.7. The molecule has 98 valence electrons. The van der Waals surface area contributed by atoms with Crippen molar-refractivity contribution in [3.8, 4) is 5.75 Å². The monoisotopic (exact) mass is 247 g/mol. The predicted molar refractivity (Wildman–Crippen MR) is 71.8 cm³/mol. The van der Waals surface area contributed by atoms with E-state index in [-0.39, 0.29) is 11.7 Å². The summed E-state index contributed by atoms with van der Waals surface area (Å²) in [7, 11) is 0. The first kappa shape index (κ1) is 12.9. The van der Waals surface area contributed by atoms with Crippen LogP contribution in [-0.2, 0) is 0 Å². The average Bonchev–Trinajstić information content (AvgIpc) is 2.31. The van der Waals surface area contributed by atoms with Crippen LogP contribution in [0.4, 0.5) is 0 Å². The van der Waals surface area contributed by atoms with Gasteiger partial charge in [-0.15, -0.1) is 0 Å². The Hall–Kier alpha value is -1.51. The van der Waals surface area contributed by atoms with Crippen molar-refractivity contribution in [1.29, 1.82) is 0 Å². The Bertz CT molecular complexity index is 444. The molecule has 1 saturated carbocycles. The number of nitrogens with one attached hydrogen (secondary N) is 1. The van der Waals surface area contributed by atoms with Crippen molar-refractivity contribution < 1.29 is 9.90 Å². The lowest BCUT2D eigenvalue weighted by Gasteiger charge is -2.41. The van der Waals surface area contributed by atoms with Gasteiger partial charge in [-0.2, -0.15) is 0 Å². The molecule has 0 atom stereocenters. The first-order chi connectivity index (χ1) is 8.56. The van der Waals surface area contributed by atoms with Crippen LogP contribution >= 0.6 is 0 Å². The number of hydrogen-bond acceptors (Lipinski definition) is 2. The van der Waals surface area contributed by atoms with E-state index in [1.165, 1.54) is 19.3 Å². The standard InChI is InChI=1S/C15H21NO2/c1-3-15(7-4-8-15)10-16-14(18)12-9-11(2)5-6-13(12)17/h5-6,9,17H,3-4,7-8,10H2,1-2H3,(H,16,18). The second-order valence-electron chi connectivity index (χ2n) is 5.41. The summed E-state index contributed by atoms with van der Waals surface area (Å²) >= 11 is 0. The van der Waals surface area contributed by atoms with Crippen molar-refractivity contribution in [2.75, 3.05) is 6.54 Å². The van der Waals surface area contributed by atoms with Gasteiger partial charge < -0.3 is 10.4 Å². The van der Waals surface area contributed by atoms with Gasteiger partial charge in [0, 0.05) is 6.54 Å². The van der Waals surface area contributed by atoms with Crippen LogP contribution in [0.2, 0.25) is 0 Å². The molecular weight excluding hydrogens is 226 g/mol. The topological polar surface area (TPSA) is 49.3 Å². The Labute approximate surface area is 108 Å². The zero-order valence-electron chi connectivity index (χ0n) is 11.1. The second-order valence-corrected chi connectivity index (χ2v) is 5.41. The summed E-state index contributed by atoms with van der Waals surface area (Å²) in [6.07, 6.45) is 4.76. The lowest BCUT2D eigenvalue weighted by Crippen LogP contribution is -2.41. The molecule has 0 spiro atoms. The summed E-state index contributed by atoms with van der Waals surface area (Å²) in [4.78, 5) is 12.0. The Balaban J connectivity index is 2.01. The molecule has 1 aliphatic carbocycles. The average molecular weight is 247 g/mol. The predicted octanol–water partition coefficient (Wildman–Crippen LogP) is 3.01. The summed E-state index contributed by atoms with van der Waals surface area (Å²) in [6, 6.07) is 5.10. The van der Waals surface area contributed by atoms with E-state index in [1.54, 1.807) is 18.2 Å². The second kappa shape index (κ2) is 5.01. The van der Waals surface area contributed by atoms with Crippen molar-refractivity contribution in [1.82, 2.24) is 5.32 Å². The molecule has 0 radical (unpaired) electrons. The van der Waals surface area contributed by atoms with Gasteiger partial charge in [-0.05, 0) is 43.7 Å². The van der Waals surface area contributed by atoms with Crippen molar-refractivity contribution in [3.05, 3.63) is 29.3 Å². The molecule has 1 fully saturated rings. The Morgan fingerprint density at radius 2 is 2.17 bits per heavy atom. The molecule has 0 heterocycles. The maximum absolute atomic E-state index is 12.0. The first-order valence-electron chi connectivity index (χ1n) is 6.64. The smallest absolute Gasteiger partial charge is 0.255 e. The van der Waals surface area contributed by atoms with E-state index in [2.05, 4.69) is 12.2 Å². The quantitative estimate of drug-likeness (QED) is 0.859. The van der Waals surface area contributed by atoms with Crippen molar-refractivity contribution >= 4 is 5.91 Å². The van der Waals surface area contributed by atoms with E-state index < -0.39 is 0 Å². The number of carbonyl (C=O) groups is 1. The SMILES string of the molecule is CCC1(CNC(=O)c2cc(C)ccc2O)CCC1. The van der Waals surface area contributed by atoms with E-state index in [9.17, 15) is 9.90 Å². The number of phenols is 1. The molecule has 2 rings (SSSR count). The number of aromatic hydroxyl groups is 1. The van der Waals surface area contributed by atoms with E-state index in [0.29, 0.717) is 11.0 Å². The van der Waals surface area contributed by atoms with E-state index in [4.69, 9.17) is 0 Å². The van der Waals surface area contributed by atoms with Crippen LogP contribution in [0, 0.1) is 12.3 Å². The Kier molecular flexibility index (Phi) is 3.60. The highest BCUT2D eigenvalue weighted by molar-refractivity contribution is 5.97. The fourth-order valence-corrected chi connectivity index (χ4v) is 2.53. The van der Waals surface area contributed by atoms with Crippen molar-refractivity contribution in [2.45, 2.75) is 39.5 Å². The van der Waals surface area contributed by atoms with Gasteiger partial charge >= 0.3 is 0 Å². The van der Waals surface area contributed by atoms with Crippen LogP contribution in [-0.4, -0.2) is 17.6 Å². The third-order valence-corrected chi connectivity index (χ3v) is 4.18. The maximum atomic E-state index is 12.0. The molecule has 0 saturated heterocycles. The zero-order valence-corrected chi connectivity index (χ0v) is 11.1. The molecule has 1 aromatic carbocycles. The fraction of sp³-hybridized carbons (Fsp3) is 0.533. The number of rotatable bonds is 4. The van der Waals surface area contributed by atoms with Crippen LogP contribution in [0.5, 0.6) is 5.75 Å². The van der Waals surface area contributed by atoms with Gasteiger partial charge in [0.05, 0.1) is 5.56 Å². The van der Waals surface area contributed by atoms with Gasteiger partial charge in [-0.1, -0.05) is 25.0 Å². The largest absolute Gasteiger partial charge is 0.507 e. The molecular formula is C15H21NO2. The van der Waals surface area contributed by atoms with Gasteiger partial charge in [0.15, 0.2) is 0 Å². The molecule has 3 nitrogen and oxygen atoms in total. The third-order valence-electron chi connectivity index (χ3n) is 4.18. The van der Waals surface area contributed by atoms with Crippen molar-refractivity contribution in [3.63, 3.8) is 0 Å². The minimum atomic E-state index is -0.170. The summed E-state index contributed by atoms with van der Waals surface area (Å²) < 4.78 is 0. The fourth-order valence-electron chi connectivity index (χ4n) is 2.53. The molecule has 1 aromatic rings. The lowest BCUT2D eigenvalue weighted by molar-refractivity contribution is 0.0847. The highest BCUT2D eigenvalue weighted by Crippen LogP contribution is 2.43. The lowest BCUT2D eigenvalue weighted by atomic mass is 9.67. The normalized spacial score (nSPS) is 17.0. The summed E-state index contributed by atoms with van der Waals surface area (Å²) in [6.45, 7) is 4.81. The minimum absolute atomic E-state index is 0.0530. The highest BCUT2D eigenvalue weighted by atomic mass is 16.3. The van der Waals surface area contributed by atoms with E-state index >= 15 is 0 Å². The number of phenolic OH excluding ortho intramolecular Hbond substituents is 1. The zero-order chi connectivity index (χ0) is 13.2. The van der Waals surface area contributed by atoms with Crippen LogP contribution in [0.3, 0.4) is 0 Å². The molecule has 0 unspecified atom stereocenters. The molecule has 0 aromatic heterocycles. The summed E-state index contributed by atoms with van der Waals surface area (Å²) in [5.41, 5.74) is 1.65. The highest BCUT2D eigenvalue weighted by Gasteiger charge is 2.35. The molecule has 3 heteroatoms. The summed E-state index contributed by atoms with van der Waals surface area (Å²) in [5.74, 6) is -0.117. The number of benzene rings is 1. The Morgan fingerprint density at radius 3 is 2.72 bits per heavy atom. The minimum Gasteiger partial charge on any atom is -0.507 e. The first-order valence-corrected chi connectivity index (χ1v) is 6.64. The Morgan fingerprint density at radius 1 is 1.44 bits per heavy atom. The van der Waals surface area contributed by atoms with Gasteiger partial charge in [0.2, 0.25) is 0 Å². The van der Waals surface area contributed by atoms with Gasteiger partial charge in [0.25, 0.3) is 5.91 Å². The van der Waals surface area contributed by atoms with Crippen LogP contribution in [0.15, 0.2) is 18.2 Å². The number of aryl methyl sites for hydroxylation is 1. The molecule has 18 heavy (non-hydrogen) atoms. The van der Waals surface area contributed by atoms with E-state index in [1.807, 2.05) is 6.92 Å². The number of carbonyl (C=O) groups excluding carboxylic acids is 1. The van der Waals surface area contributed by atoms with E-state index in [0.717, 1.165) is 18.5 Å². The van der Waals surface area contributed by atoms with Gasteiger partial charge in [-0.3, -0.25) is 4.79 Å². The third kappa shape index (κ3) is 2.50. The molecule has 2 N–H and O–H groups in total. The molecule has 0 aliphatic heterocycles. The van der Waals surface area contributed by atoms with Crippen molar-refractivity contribution in [2.24, 2.45) is 5.41 Å². The number of amides is 1. The van der Waals surface area contributed by atoms with Crippen LogP contribution < -0.4 is 5.32 Å².